The largest absolute Gasteiger partial charge is 2.00 e. The second-order valence-electron chi connectivity index (χ2n) is 2.92. The minimum Gasteiger partial charge on any atom is -0.213 e. The van der Waals surface area contributed by atoms with Crippen LogP contribution < -0.4 is 0 Å². The second kappa shape index (κ2) is 6.68. The van der Waals surface area contributed by atoms with Crippen molar-refractivity contribution in [2.24, 2.45) is 0 Å². The Labute approximate surface area is 90.2 Å². The fraction of sp³-hybridized carbons (Fsp3) is 0.167. The number of aryl methyl sites for hydroxylation is 2. The van der Waals surface area contributed by atoms with Crippen molar-refractivity contribution in [1.82, 2.24) is 0 Å². The Hall–Kier alpha value is -0.806. The van der Waals surface area contributed by atoms with Crippen LogP contribution in [0.15, 0.2) is 48.5 Å². The quantitative estimate of drug-likeness (QED) is 0.468. The number of hydrogen-bond donors (Lipinski definition) is 0. The van der Waals surface area contributed by atoms with Crippen LogP contribution in [0, 0.1) is 13.8 Å². The van der Waals surface area contributed by atoms with Crippen molar-refractivity contribution in [3.05, 3.63) is 59.7 Å². The topological polar surface area (TPSA) is 0 Å². The Morgan fingerprint density at radius 1 is 0.615 bits per heavy atom. The fourth-order valence-electron chi connectivity index (χ4n) is 0.940. The molecule has 2 aromatic rings. The summed E-state index contributed by atoms with van der Waals surface area (Å²) in [5, 5.41) is 0. The van der Waals surface area contributed by atoms with Gasteiger partial charge in [-0.25, -0.2) is 24.3 Å². The van der Waals surface area contributed by atoms with Crippen LogP contribution in [0.1, 0.15) is 11.1 Å². The van der Waals surface area contributed by atoms with Gasteiger partial charge in [0.15, 0.2) is 0 Å². The van der Waals surface area contributed by atoms with Gasteiger partial charge in [0, 0.05) is 0 Å². The van der Waals surface area contributed by atoms with Crippen LogP contribution in [0.5, 0.6) is 0 Å². The van der Waals surface area contributed by atoms with E-state index in [2.05, 4.69) is 38.1 Å². The first kappa shape index (κ1) is 12.2. The van der Waals surface area contributed by atoms with Crippen LogP contribution >= 0.6 is 0 Å². The van der Waals surface area contributed by atoms with Gasteiger partial charge in [0.25, 0.3) is 0 Å². The predicted octanol–water partition coefficient (Wildman–Crippen LogP) is 3.43. The number of rotatable bonds is 0. The van der Waals surface area contributed by atoms with Gasteiger partial charge in [-0.05, 0) is 0 Å². The standard InChI is InChI=1S/2C6H7.Ni/c2*1-6-4-2-3-5-6;/h2*2-5H,1H3;/q2*-1;+2. The Kier molecular flexibility index (Phi) is 6.27. The zero-order valence-corrected chi connectivity index (χ0v) is 8.92. The van der Waals surface area contributed by atoms with Crippen LogP contribution in [-0.2, 0) is 16.5 Å². The molecule has 0 atom stereocenters. The Bertz CT molecular complexity index is 245. The summed E-state index contributed by atoms with van der Waals surface area (Å²) >= 11 is 0. The summed E-state index contributed by atoms with van der Waals surface area (Å²) in [4.78, 5) is 0. The van der Waals surface area contributed by atoms with Gasteiger partial charge in [-0.1, -0.05) is 13.8 Å². The maximum absolute atomic E-state index is 2.08. The van der Waals surface area contributed by atoms with Gasteiger partial charge in [0.05, 0.1) is 0 Å². The first-order chi connectivity index (χ1) is 5.79. The molecule has 0 bridgehead atoms. The third-order valence-corrected chi connectivity index (χ3v) is 1.66. The van der Waals surface area contributed by atoms with Crippen LogP contribution in [0.2, 0.25) is 0 Å². The van der Waals surface area contributed by atoms with Crippen molar-refractivity contribution >= 4 is 0 Å². The molecular weight excluding hydrogens is 203 g/mol. The first-order valence-corrected chi connectivity index (χ1v) is 4.15. The van der Waals surface area contributed by atoms with E-state index in [1.807, 2.05) is 24.3 Å². The minimum atomic E-state index is 0. The Morgan fingerprint density at radius 2 is 0.846 bits per heavy atom. The summed E-state index contributed by atoms with van der Waals surface area (Å²) in [6.45, 7) is 4.17. The summed E-state index contributed by atoms with van der Waals surface area (Å²) in [5.74, 6) is 0. The van der Waals surface area contributed by atoms with Crippen LogP contribution in [0.3, 0.4) is 0 Å². The monoisotopic (exact) mass is 216 g/mol. The van der Waals surface area contributed by atoms with Gasteiger partial charge < -0.3 is 0 Å². The molecule has 0 amide bonds. The molecule has 72 valence electrons. The van der Waals surface area contributed by atoms with E-state index < -0.39 is 0 Å². The van der Waals surface area contributed by atoms with Crippen molar-refractivity contribution in [1.29, 1.82) is 0 Å². The molecule has 2 aromatic carbocycles. The molecule has 0 aliphatic carbocycles. The summed E-state index contributed by atoms with van der Waals surface area (Å²) in [6, 6.07) is 16.5. The van der Waals surface area contributed by atoms with Crippen molar-refractivity contribution in [3.63, 3.8) is 0 Å². The van der Waals surface area contributed by atoms with Gasteiger partial charge in [-0.3, -0.25) is 0 Å². The van der Waals surface area contributed by atoms with E-state index in [9.17, 15) is 0 Å². The molecule has 1 heteroatoms. The molecular formula is C12H14Ni. The van der Waals surface area contributed by atoms with Gasteiger partial charge in [0.2, 0.25) is 0 Å². The molecule has 0 nitrogen and oxygen atoms in total. The van der Waals surface area contributed by atoms with Crippen molar-refractivity contribution < 1.29 is 16.5 Å². The third-order valence-electron chi connectivity index (χ3n) is 1.66. The molecule has 0 fully saturated rings. The van der Waals surface area contributed by atoms with Crippen molar-refractivity contribution in [3.8, 4) is 0 Å². The van der Waals surface area contributed by atoms with E-state index >= 15 is 0 Å². The molecule has 13 heavy (non-hydrogen) atoms. The van der Waals surface area contributed by atoms with E-state index in [1.54, 1.807) is 0 Å². The molecule has 0 aromatic heterocycles. The maximum atomic E-state index is 2.08. The first-order valence-electron chi connectivity index (χ1n) is 4.15. The SMILES string of the molecule is C[c-]1cccc1.C[c-]1cccc1.[Ni+2]. The second-order valence-corrected chi connectivity index (χ2v) is 2.92. The maximum Gasteiger partial charge on any atom is 2.00 e. The summed E-state index contributed by atoms with van der Waals surface area (Å²) in [5.41, 5.74) is 2.69. The smallest absolute Gasteiger partial charge is 0.213 e. The zero-order valence-electron chi connectivity index (χ0n) is 7.94. The normalized spacial score (nSPS) is 8.15. The van der Waals surface area contributed by atoms with E-state index in [-0.39, 0.29) is 16.5 Å². The zero-order chi connectivity index (χ0) is 8.81. The van der Waals surface area contributed by atoms with Crippen LogP contribution in [-0.4, -0.2) is 0 Å². The summed E-state index contributed by atoms with van der Waals surface area (Å²) < 4.78 is 0. The predicted molar refractivity (Wildman–Crippen MR) is 53.5 cm³/mol. The molecule has 0 heterocycles. The summed E-state index contributed by atoms with van der Waals surface area (Å²) in [7, 11) is 0. The molecule has 0 saturated carbocycles. The average molecular weight is 217 g/mol. The molecule has 0 spiro atoms. The molecule has 2 rings (SSSR count). The molecule has 0 unspecified atom stereocenters. The van der Waals surface area contributed by atoms with Crippen molar-refractivity contribution in [2.75, 3.05) is 0 Å². The third kappa shape index (κ3) is 5.44. The van der Waals surface area contributed by atoms with Crippen LogP contribution in [0.25, 0.3) is 0 Å². The molecule has 0 radical (unpaired) electrons. The van der Waals surface area contributed by atoms with E-state index in [0.29, 0.717) is 0 Å². The van der Waals surface area contributed by atoms with Crippen LogP contribution in [0.4, 0.5) is 0 Å². The van der Waals surface area contributed by atoms with Gasteiger partial charge >= 0.3 is 16.5 Å². The van der Waals surface area contributed by atoms with Gasteiger partial charge in [-0.15, -0.1) is 0 Å². The summed E-state index contributed by atoms with van der Waals surface area (Å²) in [6.07, 6.45) is 0. The van der Waals surface area contributed by atoms with E-state index in [0.717, 1.165) is 0 Å². The Balaban J connectivity index is 0.000000206. The molecule has 0 saturated heterocycles. The Morgan fingerprint density at radius 3 is 0.923 bits per heavy atom. The fourth-order valence-corrected chi connectivity index (χ4v) is 0.940. The van der Waals surface area contributed by atoms with E-state index in [1.165, 1.54) is 11.1 Å². The molecule has 0 aliphatic rings. The number of hydrogen-bond acceptors (Lipinski definition) is 0. The molecule has 0 N–H and O–H groups in total. The van der Waals surface area contributed by atoms with Gasteiger partial charge in [-0.2, -0.15) is 35.4 Å². The van der Waals surface area contributed by atoms with Crippen molar-refractivity contribution in [2.45, 2.75) is 13.8 Å². The minimum absolute atomic E-state index is 0. The van der Waals surface area contributed by atoms with Gasteiger partial charge in [0.1, 0.15) is 0 Å². The molecule has 0 aliphatic heterocycles. The average Bonchev–Trinajstić information content (AvgIpc) is 2.63. The van der Waals surface area contributed by atoms with E-state index in [4.69, 9.17) is 0 Å².